The lowest BCUT2D eigenvalue weighted by atomic mass is 10.0. The van der Waals surface area contributed by atoms with Crippen LogP contribution >= 0.6 is 0 Å². The third-order valence-electron chi connectivity index (χ3n) is 3.37. The molecule has 1 heterocycles. The molecule has 6 heteroatoms. The number of urea groups is 1. The maximum atomic E-state index is 11.9. The second kappa shape index (κ2) is 6.41. The number of aliphatic hydroxyl groups excluding tert-OH is 1. The zero-order valence-corrected chi connectivity index (χ0v) is 12.1. The minimum atomic E-state index is -0.623. The molecule has 0 aliphatic rings. The number of aliphatic hydroxyl groups is 1. The Morgan fingerprint density at radius 1 is 1.38 bits per heavy atom. The summed E-state index contributed by atoms with van der Waals surface area (Å²) in [6.45, 7) is 3.58. The molecule has 2 rings (SSSR count). The molecule has 0 aliphatic heterocycles. The van der Waals surface area contributed by atoms with Crippen LogP contribution in [-0.2, 0) is 0 Å². The van der Waals surface area contributed by atoms with E-state index >= 15 is 0 Å². The van der Waals surface area contributed by atoms with Crippen molar-refractivity contribution in [3.05, 3.63) is 36.7 Å². The van der Waals surface area contributed by atoms with Crippen molar-refractivity contribution in [2.75, 3.05) is 11.9 Å². The van der Waals surface area contributed by atoms with E-state index in [0.717, 1.165) is 5.56 Å². The van der Waals surface area contributed by atoms with Gasteiger partial charge < -0.3 is 20.2 Å². The van der Waals surface area contributed by atoms with E-state index in [1.807, 2.05) is 19.1 Å². The summed E-state index contributed by atoms with van der Waals surface area (Å²) in [5.41, 5.74) is 0.862. The third-order valence-corrected chi connectivity index (χ3v) is 3.37. The summed E-state index contributed by atoms with van der Waals surface area (Å²) in [6, 6.07) is 6.80. The molecule has 0 saturated heterocycles. The maximum Gasteiger partial charge on any atom is 0.319 e. The Labute approximate surface area is 123 Å². The highest BCUT2D eigenvalue weighted by Crippen LogP contribution is 2.19. The molecule has 2 amide bonds. The molecule has 6 nitrogen and oxygen atoms in total. The lowest BCUT2D eigenvalue weighted by molar-refractivity contribution is 0.172. The van der Waals surface area contributed by atoms with Gasteiger partial charge in [0.1, 0.15) is 6.26 Å². The number of hydrogen-bond donors (Lipinski definition) is 3. The van der Waals surface area contributed by atoms with E-state index < -0.39 is 5.54 Å². The molecule has 1 aromatic carbocycles. The standard InChI is InChI=1S/C15H19N3O3/c1-3-15(2,10-19)18-14(20)17-12-6-4-11(5-7-12)13-16-8-9-21-13/h4-9,19H,3,10H2,1-2H3,(H2,17,18,20). The Bertz CT molecular complexity index is 575. The van der Waals surface area contributed by atoms with Crippen LogP contribution < -0.4 is 10.6 Å². The fraction of sp³-hybridized carbons (Fsp3) is 0.333. The van der Waals surface area contributed by atoms with Crippen LogP contribution in [0.2, 0.25) is 0 Å². The normalized spacial score (nSPS) is 13.5. The van der Waals surface area contributed by atoms with Crippen LogP contribution in [0.25, 0.3) is 11.5 Å². The SMILES string of the molecule is CCC(C)(CO)NC(=O)Nc1ccc(-c2ncco2)cc1. The van der Waals surface area contributed by atoms with E-state index in [9.17, 15) is 9.90 Å². The highest BCUT2D eigenvalue weighted by molar-refractivity contribution is 5.90. The zero-order chi connectivity index (χ0) is 15.3. The monoisotopic (exact) mass is 289 g/mol. The maximum absolute atomic E-state index is 11.9. The highest BCUT2D eigenvalue weighted by Gasteiger charge is 2.23. The average molecular weight is 289 g/mol. The number of benzene rings is 1. The Balaban J connectivity index is 1.99. The van der Waals surface area contributed by atoms with E-state index in [1.54, 1.807) is 25.3 Å². The predicted octanol–water partition coefficient (Wildman–Crippen LogP) is 2.62. The molecule has 2 aromatic rings. The van der Waals surface area contributed by atoms with Crippen molar-refractivity contribution in [1.82, 2.24) is 10.3 Å². The molecule has 0 spiro atoms. The average Bonchev–Trinajstić information content (AvgIpc) is 3.02. The first-order valence-electron chi connectivity index (χ1n) is 6.76. The van der Waals surface area contributed by atoms with Crippen LogP contribution in [-0.4, -0.2) is 28.3 Å². The molecule has 0 saturated carbocycles. The molecule has 1 unspecified atom stereocenters. The molecular weight excluding hydrogens is 270 g/mol. The van der Waals surface area contributed by atoms with Gasteiger partial charge in [0, 0.05) is 11.3 Å². The van der Waals surface area contributed by atoms with Gasteiger partial charge in [-0.3, -0.25) is 0 Å². The van der Waals surface area contributed by atoms with E-state index in [-0.39, 0.29) is 12.6 Å². The summed E-state index contributed by atoms with van der Waals surface area (Å²) in [7, 11) is 0. The summed E-state index contributed by atoms with van der Waals surface area (Å²) < 4.78 is 5.20. The first-order valence-corrected chi connectivity index (χ1v) is 6.76. The second-order valence-electron chi connectivity index (χ2n) is 5.07. The molecular formula is C15H19N3O3. The largest absolute Gasteiger partial charge is 0.445 e. The first-order chi connectivity index (χ1) is 10.1. The fourth-order valence-corrected chi connectivity index (χ4v) is 1.74. The Morgan fingerprint density at radius 2 is 2.10 bits per heavy atom. The van der Waals surface area contributed by atoms with Crippen molar-refractivity contribution in [2.24, 2.45) is 0 Å². The van der Waals surface area contributed by atoms with Gasteiger partial charge in [-0.25, -0.2) is 9.78 Å². The van der Waals surface area contributed by atoms with Gasteiger partial charge in [0.2, 0.25) is 5.89 Å². The lowest BCUT2D eigenvalue weighted by Crippen LogP contribution is -2.50. The molecule has 1 atom stereocenters. The van der Waals surface area contributed by atoms with Crippen LogP contribution in [0.5, 0.6) is 0 Å². The van der Waals surface area contributed by atoms with E-state index in [1.165, 1.54) is 6.26 Å². The Kier molecular flexibility index (Phi) is 4.59. The summed E-state index contributed by atoms with van der Waals surface area (Å²) in [5, 5.41) is 14.8. The van der Waals surface area contributed by atoms with Gasteiger partial charge >= 0.3 is 6.03 Å². The number of anilines is 1. The number of carbonyl (C=O) groups is 1. The van der Waals surface area contributed by atoms with Crippen molar-refractivity contribution in [3.8, 4) is 11.5 Å². The van der Waals surface area contributed by atoms with E-state index in [0.29, 0.717) is 18.0 Å². The molecule has 0 bridgehead atoms. The van der Waals surface area contributed by atoms with Crippen molar-refractivity contribution < 1.29 is 14.3 Å². The van der Waals surface area contributed by atoms with Crippen LogP contribution in [0.1, 0.15) is 20.3 Å². The van der Waals surface area contributed by atoms with Gasteiger partial charge in [0.15, 0.2) is 0 Å². The van der Waals surface area contributed by atoms with Crippen molar-refractivity contribution in [1.29, 1.82) is 0 Å². The van der Waals surface area contributed by atoms with Gasteiger partial charge in [-0.15, -0.1) is 0 Å². The van der Waals surface area contributed by atoms with Gasteiger partial charge in [-0.05, 0) is 37.6 Å². The van der Waals surface area contributed by atoms with Crippen molar-refractivity contribution in [2.45, 2.75) is 25.8 Å². The lowest BCUT2D eigenvalue weighted by Gasteiger charge is -2.27. The van der Waals surface area contributed by atoms with Crippen molar-refractivity contribution in [3.63, 3.8) is 0 Å². The first kappa shape index (κ1) is 15.1. The number of rotatable bonds is 5. The van der Waals surface area contributed by atoms with E-state index in [2.05, 4.69) is 15.6 Å². The summed E-state index contributed by atoms with van der Waals surface area (Å²) in [6.07, 6.45) is 3.73. The zero-order valence-electron chi connectivity index (χ0n) is 12.1. The quantitative estimate of drug-likeness (QED) is 0.789. The predicted molar refractivity (Wildman–Crippen MR) is 79.9 cm³/mol. The Hall–Kier alpha value is -2.34. The number of hydrogen-bond acceptors (Lipinski definition) is 4. The summed E-state index contributed by atoms with van der Waals surface area (Å²) in [4.78, 5) is 15.9. The molecule has 0 aliphatic carbocycles. The number of carbonyl (C=O) groups excluding carboxylic acids is 1. The second-order valence-corrected chi connectivity index (χ2v) is 5.07. The minimum Gasteiger partial charge on any atom is -0.445 e. The van der Waals surface area contributed by atoms with Crippen LogP contribution in [0.3, 0.4) is 0 Å². The Morgan fingerprint density at radius 3 is 2.62 bits per heavy atom. The van der Waals surface area contributed by atoms with Crippen LogP contribution in [0.4, 0.5) is 10.5 Å². The molecule has 112 valence electrons. The number of nitrogens with one attached hydrogen (secondary N) is 2. The molecule has 3 N–H and O–H groups in total. The summed E-state index contributed by atoms with van der Waals surface area (Å²) >= 11 is 0. The number of nitrogens with zero attached hydrogens (tertiary/aromatic N) is 1. The summed E-state index contributed by atoms with van der Waals surface area (Å²) in [5.74, 6) is 0.532. The third kappa shape index (κ3) is 3.82. The molecule has 1 aromatic heterocycles. The number of aromatic nitrogens is 1. The van der Waals surface area contributed by atoms with Crippen LogP contribution in [0.15, 0.2) is 41.1 Å². The smallest absolute Gasteiger partial charge is 0.319 e. The van der Waals surface area contributed by atoms with E-state index in [4.69, 9.17) is 4.42 Å². The number of amides is 2. The minimum absolute atomic E-state index is 0.111. The topological polar surface area (TPSA) is 87.4 Å². The fourth-order valence-electron chi connectivity index (χ4n) is 1.74. The molecule has 0 fully saturated rings. The number of oxazole rings is 1. The van der Waals surface area contributed by atoms with Gasteiger partial charge in [0.05, 0.1) is 18.3 Å². The molecule has 0 radical (unpaired) electrons. The van der Waals surface area contributed by atoms with Crippen molar-refractivity contribution >= 4 is 11.7 Å². The van der Waals surface area contributed by atoms with Gasteiger partial charge in [-0.1, -0.05) is 6.92 Å². The highest BCUT2D eigenvalue weighted by atomic mass is 16.3. The molecule has 21 heavy (non-hydrogen) atoms. The van der Waals surface area contributed by atoms with Gasteiger partial charge in [-0.2, -0.15) is 0 Å². The van der Waals surface area contributed by atoms with Crippen LogP contribution in [0, 0.1) is 0 Å². The van der Waals surface area contributed by atoms with Gasteiger partial charge in [0.25, 0.3) is 0 Å².